The molecule has 2 heterocycles. The first-order valence-corrected chi connectivity index (χ1v) is 9.15. The van der Waals surface area contributed by atoms with Gasteiger partial charge in [0.15, 0.2) is 5.96 Å². The number of rotatable bonds is 7. The zero-order chi connectivity index (χ0) is 18.9. The van der Waals surface area contributed by atoms with Gasteiger partial charge in [0.05, 0.1) is 6.10 Å². The van der Waals surface area contributed by atoms with E-state index >= 15 is 0 Å². The second kappa shape index (κ2) is 9.72. The Balaban J connectivity index is 1.46. The number of carbonyl (C=O) groups is 1. The Morgan fingerprint density at radius 1 is 1.37 bits per heavy atom. The van der Waals surface area contributed by atoms with Crippen LogP contribution in [-0.4, -0.2) is 48.0 Å². The second-order valence-electron chi connectivity index (χ2n) is 6.39. The molecular weight excluding hydrogens is 344 g/mol. The minimum Gasteiger partial charge on any atom is -0.376 e. The molecule has 3 rings (SSSR count). The Hall–Kier alpha value is -2.87. The molecule has 1 aliphatic heterocycles. The average molecular weight is 370 g/mol. The molecule has 0 aliphatic carbocycles. The fourth-order valence-corrected chi connectivity index (χ4v) is 2.92. The average Bonchev–Trinajstić information content (AvgIpc) is 3.36. The van der Waals surface area contributed by atoms with Gasteiger partial charge in [-0.15, -0.1) is 0 Å². The molecule has 3 N–H and O–H groups in total. The lowest BCUT2D eigenvalue weighted by Gasteiger charge is -2.15. The highest BCUT2D eigenvalue weighted by atomic mass is 16.5. The van der Waals surface area contributed by atoms with E-state index in [4.69, 9.17) is 4.74 Å². The van der Waals surface area contributed by atoms with E-state index < -0.39 is 0 Å². The molecular formula is C19H26N6O2. The molecule has 8 heteroatoms. The molecule has 144 valence electrons. The molecule has 0 saturated carbocycles. The fourth-order valence-electron chi connectivity index (χ4n) is 2.92. The Morgan fingerprint density at radius 2 is 2.30 bits per heavy atom. The maximum absolute atomic E-state index is 12.1. The molecule has 1 aromatic carbocycles. The van der Waals surface area contributed by atoms with Gasteiger partial charge in [0, 0.05) is 44.8 Å². The highest BCUT2D eigenvalue weighted by Crippen LogP contribution is 2.11. The summed E-state index contributed by atoms with van der Waals surface area (Å²) in [5, 5.41) is 13.5. The number of guanidine groups is 1. The van der Waals surface area contributed by atoms with Crippen LogP contribution in [-0.2, 0) is 22.6 Å². The third-order valence-electron chi connectivity index (χ3n) is 4.28. The van der Waals surface area contributed by atoms with Crippen LogP contribution in [0.15, 0.2) is 47.7 Å². The molecule has 1 aromatic heterocycles. The van der Waals surface area contributed by atoms with Gasteiger partial charge < -0.3 is 20.7 Å². The highest BCUT2D eigenvalue weighted by Gasteiger charge is 2.15. The van der Waals surface area contributed by atoms with E-state index in [9.17, 15) is 4.79 Å². The number of amides is 1. The Morgan fingerprint density at radius 3 is 3.04 bits per heavy atom. The van der Waals surface area contributed by atoms with E-state index in [1.165, 1.54) is 0 Å². The van der Waals surface area contributed by atoms with Crippen LogP contribution in [0.4, 0.5) is 5.69 Å². The number of benzene rings is 1. The first-order chi connectivity index (χ1) is 13.2. The first-order valence-electron chi connectivity index (χ1n) is 9.15. The summed E-state index contributed by atoms with van der Waals surface area (Å²) in [6, 6.07) is 9.53. The van der Waals surface area contributed by atoms with Gasteiger partial charge in [0.1, 0.15) is 6.54 Å². The van der Waals surface area contributed by atoms with Crippen molar-refractivity contribution in [1.82, 2.24) is 20.4 Å². The van der Waals surface area contributed by atoms with Gasteiger partial charge in [-0.05, 0) is 36.6 Å². The number of hydrogen-bond acceptors (Lipinski definition) is 4. The number of ether oxygens (including phenoxy) is 1. The maximum Gasteiger partial charge on any atom is 0.246 e. The van der Waals surface area contributed by atoms with E-state index in [-0.39, 0.29) is 18.6 Å². The molecule has 0 radical (unpaired) electrons. The lowest BCUT2D eigenvalue weighted by molar-refractivity contribution is -0.116. The van der Waals surface area contributed by atoms with Gasteiger partial charge in [0.25, 0.3) is 0 Å². The standard InChI is InChI=1S/C19H26N6O2/c1-20-19(22-13-17-7-3-10-27-17)21-12-15-5-2-6-16(11-15)24-18(26)14-25-9-4-8-23-25/h2,4-6,8-9,11,17H,3,7,10,12-14H2,1H3,(H,24,26)(H2,20,21,22). The molecule has 1 saturated heterocycles. The Kier molecular flexibility index (Phi) is 6.81. The lowest BCUT2D eigenvalue weighted by atomic mass is 10.2. The summed E-state index contributed by atoms with van der Waals surface area (Å²) in [5.41, 5.74) is 1.81. The molecule has 1 amide bonds. The van der Waals surface area contributed by atoms with Crippen LogP contribution in [0.5, 0.6) is 0 Å². The van der Waals surface area contributed by atoms with Crippen LogP contribution >= 0.6 is 0 Å². The van der Waals surface area contributed by atoms with Crippen LogP contribution < -0.4 is 16.0 Å². The quantitative estimate of drug-likeness (QED) is 0.506. The van der Waals surface area contributed by atoms with Crippen molar-refractivity contribution >= 4 is 17.6 Å². The number of nitrogens with zero attached hydrogens (tertiary/aromatic N) is 3. The minimum atomic E-state index is -0.113. The molecule has 27 heavy (non-hydrogen) atoms. The lowest BCUT2D eigenvalue weighted by Crippen LogP contribution is -2.40. The summed E-state index contributed by atoms with van der Waals surface area (Å²) in [4.78, 5) is 16.3. The first kappa shape index (κ1) is 18.9. The smallest absolute Gasteiger partial charge is 0.246 e. The number of carbonyl (C=O) groups excluding carboxylic acids is 1. The van der Waals surface area contributed by atoms with Crippen molar-refractivity contribution in [1.29, 1.82) is 0 Å². The number of aliphatic imine (C=N–C) groups is 1. The van der Waals surface area contributed by atoms with Crippen molar-refractivity contribution in [2.75, 3.05) is 25.5 Å². The molecule has 2 aromatic rings. The van der Waals surface area contributed by atoms with Gasteiger partial charge in [-0.3, -0.25) is 14.5 Å². The van der Waals surface area contributed by atoms with Crippen LogP contribution in [0, 0.1) is 0 Å². The summed E-state index contributed by atoms with van der Waals surface area (Å²) in [7, 11) is 1.75. The number of anilines is 1. The Bertz CT molecular complexity index is 753. The van der Waals surface area contributed by atoms with E-state index in [1.54, 1.807) is 30.2 Å². The van der Waals surface area contributed by atoms with Crippen molar-refractivity contribution < 1.29 is 9.53 Å². The van der Waals surface area contributed by atoms with Crippen molar-refractivity contribution in [2.45, 2.75) is 32.0 Å². The number of aromatic nitrogens is 2. The zero-order valence-electron chi connectivity index (χ0n) is 15.5. The number of hydrogen-bond donors (Lipinski definition) is 3. The largest absolute Gasteiger partial charge is 0.376 e. The zero-order valence-corrected chi connectivity index (χ0v) is 15.5. The SMILES string of the molecule is CN=C(NCc1cccc(NC(=O)Cn2cccn2)c1)NCC1CCCO1. The predicted molar refractivity (Wildman–Crippen MR) is 104 cm³/mol. The fraction of sp³-hybridized carbons (Fsp3) is 0.421. The molecule has 8 nitrogen and oxygen atoms in total. The number of nitrogens with one attached hydrogen (secondary N) is 3. The molecule has 1 unspecified atom stereocenters. The van der Waals surface area contributed by atoms with Gasteiger partial charge in [-0.25, -0.2) is 0 Å². The molecule has 1 fully saturated rings. The third-order valence-corrected chi connectivity index (χ3v) is 4.28. The summed E-state index contributed by atoms with van der Waals surface area (Å²) in [6.07, 6.45) is 5.88. The van der Waals surface area contributed by atoms with Crippen molar-refractivity contribution in [2.24, 2.45) is 4.99 Å². The molecule has 0 spiro atoms. The van der Waals surface area contributed by atoms with Gasteiger partial charge in [-0.2, -0.15) is 5.10 Å². The summed E-state index contributed by atoms with van der Waals surface area (Å²) in [5.74, 6) is 0.622. The minimum absolute atomic E-state index is 0.113. The summed E-state index contributed by atoms with van der Waals surface area (Å²) in [6.45, 7) is 2.39. The van der Waals surface area contributed by atoms with Gasteiger partial charge in [-0.1, -0.05) is 12.1 Å². The van der Waals surface area contributed by atoms with Gasteiger partial charge in [0.2, 0.25) is 5.91 Å². The topological polar surface area (TPSA) is 92.6 Å². The summed E-state index contributed by atoms with van der Waals surface area (Å²) < 4.78 is 7.20. The molecule has 0 bridgehead atoms. The van der Waals surface area contributed by atoms with E-state index in [0.29, 0.717) is 6.54 Å². The van der Waals surface area contributed by atoms with Gasteiger partial charge >= 0.3 is 0 Å². The van der Waals surface area contributed by atoms with E-state index in [1.807, 2.05) is 24.3 Å². The molecule has 1 atom stereocenters. The van der Waals surface area contributed by atoms with Crippen molar-refractivity contribution in [3.05, 3.63) is 48.3 Å². The van der Waals surface area contributed by atoms with Crippen LogP contribution in [0.2, 0.25) is 0 Å². The second-order valence-corrected chi connectivity index (χ2v) is 6.39. The highest BCUT2D eigenvalue weighted by molar-refractivity contribution is 5.90. The normalized spacial score (nSPS) is 16.9. The van der Waals surface area contributed by atoms with Crippen LogP contribution in [0.25, 0.3) is 0 Å². The maximum atomic E-state index is 12.1. The summed E-state index contributed by atoms with van der Waals surface area (Å²) >= 11 is 0. The third kappa shape index (κ3) is 6.10. The van der Waals surface area contributed by atoms with Crippen LogP contribution in [0.1, 0.15) is 18.4 Å². The molecule has 1 aliphatic rings. The van der Waals surface area contributed by atoms with E-state index in [0.717, 1.165) is 43.2 Å². The van der Waals surface area contributed by atoms with Crippen molar-refractivity contribution in [3.63, 3.8) is 0 Å². The van der Waals surface area contributed by atoms with E-state index in [2.05, 4.69) is 26.0 Å². The van der Waals surface area contributed by atoms with Crippen LogP contribution in [0.3, 0.4) is 0 Å². The van der Waals surface area contributed by atoms with Crippen molar-refractivity contribution in [3.8, 4) is 0 Å². The Labute approximate surface area is 159 Å². The predicted octanol–water partition coefficient (Wildman–Crippen LogP) is 1.37. The monoisotopic (exact) mass is 370 g/mol.